The highest BCUT2D eigenvalue weighted by atomic mass is 15.3. The molecule has 1 aromatic heterocycles. The summed E-state index contributed by atoms with van der Waals surface area (Å²) in [4.78, 5) is 0. The lowest BCUT2D eigenvalue weighted by Gasteiger charge is -2.18. The Balaban J connectivity index is 2.34. The van der Waals surface area contributed by atoms with Gasteiger partial charge < -0.3 is 5.32 Å². The van der Waals surface area contributed by atoms with Crippen molar-refractivity contribution < 1.29 is 0 Å². The molecule has 0 aliphatic carbocycles. The van der Waals surface area contributed by atoms with E-state index in [1.165, 1.54) is 22.4 Å². The van der Waals surface area contributed by atoms with Gasteiger partial charge in [-0.15, -0.1) is 0 Å². The number of hydrogen-bond donors (Lipinski definition) is 1. The number of hydrogen-bond acceptors (Lipinski definition) is 2. The molecule has 0 aliphatic heterocycles. The summed E-state index contributed by atoms with van der Waals surface area (Å²) in [6.45, 7) is 6.63. The second-order valence-corrected chi connectivity index (χ2v) is 5.87. The van der Waals surface area contributed by atoms with Crippen LogP contribution < -0.4 is 5.32 Å². The van der Waals surface area contributed by atoms with E-state index in [1.54, 1.807) is 0 Å². The SMILES string of the molecule is CNC(c1cccc(CC(C)C)c1)c1cnn(C)c1C. The molecule has 108 valence electrons. The third-order valence-electron chi connectivity index (χ3n) is 3.80. The zero-order chi connectivity index (χ0) is 14.7. The molecule has 2 aromatic rings. The number of nitrogens with one attached hydrogen (secondary N) is 1. The third-order valence-corrected chi connectivity index (χ3v) is 3.80. The van der Waals surface area contributed by atoms with Gasteiger partial charge in [-0.25, -0.2) is 0 Å². The fourth-order valence-corrected chi connectivity index (χ4v) is 2.67. The zero-order valence-corrected chi connectivity index (χ0v) is 13.1. The predicted molar refractivity (Wildman–Crippen MR) is 83.8 cm³/mol. The maximum absolute atomic E-state index is 4.36. The Labute approximate surface area is 122 Å². The average Bonchev–Trinajstić information content (AvgIpc) is 2.72. The second-order valence-electron chi connectivity index (χ2n) is 5.87. The van der Waals surface area contributed by atoms with Crippen molar-refractivity contribution >= 4 is 0 Å². The van der Waals surface area contributed by atoms with Gasteiger partial charge in [-0.2, -0.15) is 5.10 Å². The largest absolute Gasteiger partial charge is 0.309 e. The first-order chi connectivity index (χ1) is 9.52. The van der Waals surface area contributed by atoms with Crippen molar-refractivity contribution in [2.75, 3.05) is 7.05 Å². The average molecular weight is 271 g/mol. The molecule has 3 nitrogen and oxygen atoms in total. The maximum Gasteiger partial charge on any atom is 0.0608 e. The molecule has 3 heteroatoms. The Morgan fingerprint density at radius 1 is 1.30 bits per heavy atom. The van der Waals surface area contributed by atoms with Crippen LogP contribution in [0.15, 0.2) is 30.5 Å². The van der Waals surface area contributed by atoms with E-state index in [1.807, 2.05) is 25.0 Å². The van der Waals surface area contributed by atoms with Crippen LogP contribution in [0.25, 0.3) is 0 Å². The molecule has 1 heterocycles. The van der Waals surface area contributed by atoms with Gasteiger partial charge in [0.15, 0.2) is 0 Å². The van der Waals surface area contributed by atoms with E-state index in [2.05, 4.69) is 55.5 Å². The molecular weight excluding hydrogens is 246 g/mol. The van der Waals surface area contributed by atoms with E-state index in [4.69, 9.17) is 0 Å². The van der Waals surface area contributed by atoms with Crippen LogP contribution in [0.3, 0.4) is 0 Å². The topological polar surface area (TPSA) is 29.9 Å². The predicted octanol–water partition coefficient (Wildman–Crippen LogP) is 3.24. The monoisotopic (exact) mass is 271 g/mol. The summed E-state index contributed by atoms with van der Waals surface area (Å²) < 4.78 is 1.93. The minimum absolute atomic E-state index is 0.204. The first-order valence-corrected chi connectivity index (χ1v) is 7.27. The van der Waals surface area contributed by atoms with Gasteiger partial charge in [-0.05, 0) is 37.4 Å². The summed E-state index contributed by atoms with van der Waals surface area (Å²) in [7, 11) is 3.99. The Morgan fingerprint density at radius 3 is 2.60 bits per heavy atom. The highest BCUT2D eigenvalue weighted by molar-refractivity contribution is 5.35. The van der Waals surface area contributed by atoms with Crippen LogP contribution in [-0.4, -0.2) is 16.8 Å². The van der Waals surface area contributed by atoms with Crippen LogP contribution >= 0.6 is 0 Å². The van der Waals surface area contributed by atoms with Gasteiger partial charge in [-0.3, -0.25) is 4.68 Å². The highest BCUT2D eigenvalue weighted by Gasteiger charge is 2.17. The van der Waals surface area contributed by atoms with Crippen LogP contribution in [-0.2, 0) is 13.5 Å². The summed E-state index contributed by atoms with van der Waals surface area (Å²) in [5.41, 5.74) is 5.16. The fourth-order valence-electron chi connectivity index (χ4n) is 2.67. The van der Waals surface area contributed by atoms with Crippen molar-refractivity contribution in [3.8, 4) is 0 Å². The molecule has 0 bridgehead atoms. The molecule has 1 aromatic carbocycles. The smallest absolute Gasteiger partial charge is 0.0608 e. The molecule has 0 aliphatic rings. The van der Waals surface area contributed by atoms with E-state index in [-0.39, 0.29) is 6.04 Å². The Hall–Kier alpha value is -1.61. The van der Waals surface area contributed by atoms with Crippen molar-refractivity contribution in [3.05, 3.63) is 52.8 Å². The summed E-state index contributed by atoms with van der Waals surface area (Å²) in [5, 5.41) is 7.77. The van der Waals surface area contributed by atoms with E-state index in [0.29, 0.717) is 5.92 Å². The molecule has 1 atom stereocenters. The molecule has 1 N–H and O–H groups in total. The van der Waals surface area contributed by atoms with Crippen LogP contribution in [0.2, 0.25) is 0 Å². The van der Waals surface area contributed by atoms with Crippen LogP contribution in [0, 0.1) is 12.8 Å². The van der Waals surface area contributed by atoms with Gasteiger partial charge in [0.25, 0.3) is 0 Å². The molecule has 2 rings (SSSR count). The molecule has 0 saturated carbocycles. The van der Waals surface area contributed by atoms with E-state index in [0.717, 1.165) is 6.42 Å². The lowest BCUT2D eigenvalue weighted by atomic mass is 9.95. The van der Waals surface area contributed by atoms with Crippen molar-refractivity contribution in [3.63, 3.8) is 0 Å². The van der Waals surface area contributed by atoms with Gasteiger partial charge in [0.05, 0.1) is 12.2 Å². The van der Waals surface area contributed by atoms with Gasteiger partial charge >= 0.3 is 0 Å². The number of benzene rings is 1. The molecule has 0 amide bonds. The number of aryl methyl sites for hydroxylation is 1. The van der Waals surface area contributed by atoms with Crippen molar-refractivity contribution in [1.82, 2.24) is 15.1 Å². The summed E-state index contributed by atoms with van der Waals surface area (Å²) in [5.74, 6) is 0.679. The van der Waals surface area contributed by atoms with E-state index < -0.39 is 0 Å². The first kappa shape index (κ1) is 14.8. The maximum atomic E-state index is 4.36. The minimum Gasteiger partial charge on any atom is -0.309 e. The summed E-state index contributed by atoms with van der Waals surface area (Å²) in [6.07, 6.45) is 3.09. The molecular formula is C17H25N3. The molecule has 0 spiro atoms. The molecule has 0 fully saturated rings. The molecule has 1 unspecified atom stereocenters. The highest BCUT2D eigenvalue weighted by Crippen LogP contribution is 2.25. The lowest BCUT2D eigenvalue weighted by molar-refractivity contribution is 0.642. The molecule has 20 heavy (non-hydrogen) atoms. The Bertz CT molecular complexity index is 569. The fraction of sp³-hybridized carbons (Fsp3) is 0.471. The third kappa shape index (κ3) is 3.10. The Kier molecular flexibility index (Phi) is 4.61. The summed E-state index contributed by atoms with van der Waals surface area (Å²) >= 11 is 0. The van der Waals surface area contributed by atoms with Crippen LogP contribution in [0.1, 0.15) is 42.3 Å². The quantitative estimate of drug-likeness (QED) is 0.905. The first-order valence-electron chi connectivity index (χ1n) is 7.27. The van der Waals surface area contributed by atoms with Crippen molar-refractivity contribution in [2.45, 2.75) is 33.2 Å². The van der Waals surface area contributed by atoms with Crippen LogP contribution in [0.5, 0.6) is 0 Å². The van der Waals surface area contributed by atoms with Crippen molar-refractivity contribution in [1.29, 1.82) is 0 Å². The van der Waals surface area contributed by atoms with Gasteiger partial charge in [0.2, 0.25) is 0 Å². The Morgan fingerprint density at radius 2 is 2.05 bits per heavy atom. The number of aromatic nitrogens is 2. The standard InChI is InChI=1S/C17H25N3/c1-12(2)9-14-7-6-8-15(10-14)17(18-4)16-11-19-20(5)13(16)3/h6-8,10-12,17-18H,9H2,1-5H3. The molecule has 0 radical (unpaired) electrons. The van der Waals surface area contributed by atoms with Gasteiger partial charge in [-0.1, -0.05) is 38.1 Å². The second kappa shape index (κ2) is 6.23. The minimum atomic E-state index is 0.204. The molecule has 0 saturated heterocycles. The van der Waals surface area contributed by atoms with Gasteiger partial charge in [0.1, 0.15) is 0 Å². The number of nitrogens with zero attached hydrogens (tertiary/aromatic N) is 2. The van der Waals surface area contributed by atoms with Crippen LogP contribution in [0.4, 0.5) is 0 Å². The zero-order valence-electron chi connectivity index (χ0n) is 13.1. The number of rotatable bonds is 5. The normalized spacial score (nSPS) is 12.9. The summed E-state index contributed by atoms with van der Waals surface area (Å²) in [6, 6.07) is 9.08. The van der Waals surface area contributed by atoms with Gasteiger partial charge in [0, 0.05) is 18.3 Å². The lowest BCUT2D eigenvalue weighted by Crippen LogP contribution is -2.18. The van der Waals surface area contributed by atoms with Crippen molar-refractivity contribution in [2.24, 2.45) is 13.0 Å². The van der Waals surface area contributed by atoms with E-state index in [9.17, 15) is 0 Å². The van der Waals surface area contributed by atoms with E-state index >= 15 is 0 Å².